The van der Waals surface area contributed by atoms with E-state index < -0.39 is 0 Å². The van der Waals surface area contributed by atoms with Crippen molar-refractivity contribution in [3.05, 3.63) is 46.2 Å². The third-order valence-electron chi connectivity index (χ3n) is 9.81. The lowest BCUT2D eigenvalue weighted by Crippen LogP contribution is -2.34. The van der Waals surface area contributed by atoms with Crippen LogP contribution in [0.2, 0.25) is 0 Å². The maximum Gasteiger partial charge on any atom is 0.0550 e. The SMILES string of the molecule is CCCCCCCCCCCCOCC1(COCCCCCCCCCCCC)Cc2c(-c3cccs3)sc(-c3cccs3)c2C1. The molecule has 4 rings (SSSR count). The van der Waals surface area contributed by atoms with Gasteiger partial charge in [-0.25, -0.2) is 0 Å². The first-order valence-corrected chi connectivity index (χ1v) is 21.7. The van der Waals surface area contributed by atoms with Crippen LogP contribution in [0.3, 0.4) is 0 Å². The number of fused-ring (bicyclic) bond motifs is 1. The zero-order valence-electron chi connectivity index (χ0n) is 29.4. The second-order valence-electron chi connectivity index (χ2n) is 14.0. The highest BCUT2D eigenvalue weighted by Gasteiger charge is 2.42. The van der Waals surface area contributed by atoms with Crippen LogP contribution in [-0.2, 0) is 22.3 Å². The van der Waals surface area contributed by atoms with Crippen LogP contribution in [0.15, 0.2) is 35.0 Å². The maximum atomic E-state index is 6.54. The van der Waals surface area contributed by atoms with Gasteiger partial charge in [0.2, 0.25) is 0 Å². The topological polar surface area (TPSA) is 18.5 Å². The maximum absolute atomic E-state index is 6.54. The van der Waals surface area contributed by atoms with Gasteiger partial charge in [-0.2, -0.15) is 0 Å². The smallest absolute Gasteiger partial charge is 0.0550 e. The van der Waals surface area contributed by atoms with Crippen molar-refractivity contribution < 1.29 is 9.47 Å². The van der Waals surface area contributed by atoms with Gasteiger partial charge in [-0.3, -0.25) is 0 Å². The summed E-state index contributed by atoms with van der Waals surface area (Å²) in [4.78, 5) is 5.80. The van der Waals surface area contributed by atoms with Crippen molar-refractivity contribution >= 4 is 34.0 Å². The summed E-state index contributed by atoms with van der Waals surface area (Å²) in [6.45, 7) is 8.00. The minimum atomic E-state index is 0.0492. The van der Waals surface area contributed by atoms with E-state index in [0.29, 0.717) is 0 Å². The summed E-state index contributed by atoms with van der Waals surface area (Å²) in [5.41, 5.74) is 3.19. The van der Waals surface area contributed by atoms with E-state index in [1.54, 1.807) is 11.1 Å². The Morgan fingerprint density at radius 1 is 0.522 bits per heavy atom. The molecule has 0 unspecified atom stereocenters. The van der Waals surface area contributed by atoms with Gasteiger partial charge < -0.3 is 9.47 Å². The van der Waals surface area contributed by atoms with Gasteiger partial charge in [0.15, 0.2) is 0 Å². The standard InChI is InChI=1S/C41H64O2S3/c1-3-5-7-9-11-13-15-17-19-21-27-42-33-41(34-43-28-22-20-18-16-14-12-10-8-6-4-2)31-35-36(32-41)40(38-26-24-30-45-38)46-39(35)37-25-23-29-44-37/h23-26,29-30H,3-22,27-28,31-34H2,1-2H3. The first-order valence-electron chi connectivity index (χ1n) is 19.1. The molecule has 0 N–H and O–H groups in total. The highest BCUT2D eigenvalue weighted by molar-refractivity contribution is 7.26. The van der Waals surface area contributed by atoms with Gasteiger partial charge in [-0.05, 0) is 59.7 Å². The Morgan fingerprint density at radius 2 is 0.891 bits per heavy atom. The molecule has 258 valence electrons. The third-order valence-corrected chi connectivity index (χ3v) is 13.2. The zero-order chi connectivity index (χ0) is 32.1. The van der Waals surface area contributed by atoms with Crippen molar-refractivity contribution in [3.63, 3.8) is 0 Å². The number of hydrogen-bond donors (Lipinski definition) is 0. The molecule has 0 spiro atoms. The average Bonchev–Trinajstić information content (AvgIpc) is 3.88. The highest BCUT2D eigenvalue weighted by atomic mass is 32.1. The highest BCUT2D eigenvalue weighted by Crippen LogP contribution is 2.52. The number of hydrogen-bond acceptors (Lipinski definition) is 5. The Kier molecular flexibility index (Phi) is 18.6. The van der Waals surface area contributed by atoms with Gasteiger partial charge in [0.1, 0.15) is 0 Å². The van der Waals surface area contributed by atoms with Crippen molar-refractivity contribution in [2.24, 2.45) is 5.41 Å². The lowest BCUT2D eigenvalue weighted by molar-refractivity contribution is -0.0191. The van der Waals surface area contributed by atoms with E-state index in [9.17, 15) is 0 Å². The first-order chi connectivity index (χ1) is 22.8. The molecule has 3 heterocycles. The third kappa shape index (κ3) is 12.8. The quantitative estimate of drug-likeness (QED) is 0.0709. The van der Waals surface area contributed by atoms with E-state index >= 15 is 0 Å². The van der Waals surface area contributed by atoms with E-state index in [1.165, 1.54) is 148 Å². The zero-order valence-corrected chi connectivity index (χ0v) is 31.8. The van der Waals surface area contributed by atoms with Crippen LogP contribution in [-0.4, -0.2) is 26.4 Å². The largest absolute Gasteiger partial charge is 0.381 e. The van der Waals surface area contributed by atoms with E-state index in [2.05, 4.69) is 48.9 Å². The number of ether oxygens (including phenoxy) is 2. The van der Waals surface area contributed by atoms with Crippen molar-refractivity contribution in [1.29, 1.82) is 0 Å². The molecule has 0 aliphatic heterocycles. The monoisotopic (exact) mass is 684 g/mol. The van der Waals surface area contributed by atoms with Gasteiger partial charge in [0, 0.05) is 38.1 Å². The first kappa shape index (κ1) is 37.8. The molecule has 0 bridgehead atoms. The van der Waals surface area contributed by atoms with Gasteiger partial charge in [0.25, 0.3) is 0 Å². The molecular weight excluding hydrogens is 621 g/mol. The molecule has 5 heteroatoms. The van der Waals surface area contributed by atoms with Gasteiger partial charge in [-0.15, -0.1) is 34.0 Å². The van der Waals surface area contributed by atoms with Crippen molar-refractivity contribution in [3.8, 4) is 19.5 Å². The van der Waals surface area contributed by atoms with Gasteiger partial charge >= 0.3 is 0 Å². The number of thiophene rings is 3. The summed E-state index contributed by atoms with van der Waals surface area (Å²) < 4.78 is 13.1. The van der Waals surface area contributed by atoms with E-state index in [4.69, 9.17) is 9.47 Å². The van der Waals surface area contributed by atoms with Crippen LogP contribution >= 0.6 is 34.0 Å². The fourth-order valence-electron chi connectivity index (χ4n) is 7.11. The summed E-state index contributed by atoms with van der Waals surface area (Å²) in [6, 6.07) is 9.01. The normalized spacial score (nSPS) is 14.0. The molecule has 0 fully saturated rings. The summed E-state index contributed by atoms with van der Waals surface area (Å²) in [5.74, 6) is 0. The lowest BCUT2D eigenvalue weighted by atomic mass is 9.86. The Hall–Kier alpha value is -0.980. The summed E-state index contributed by atoms with van der Waals surface area (Å²) in [6.07, 6.45) is 29.5. The van der Waals surface area contributed by atoms with E-state index in [-0.39, 0.29) is 5.41 Å². The fraction of sp³-hybridized carbons (Fsp3) is 0.707. The summed E-state index contributed by atoms with van der Waals surface area (Å²) >= 11 is 5.77. The predicted octanol–water partition coefficient (Wildman–Crippen LogP) is 14.2. The molecular formula is C41H64O2S3. The molecule has 3 aromatic rings. The predicted molar refractivity (Wildman–Crippen MR) is 206 cm³/mol. The molecule has 1 aliphatic carbocycles. The van der Waals surface area contributed by atoms with Gasteiger partial charge in [-0.1, -0.05) is 142 Å². The van der Waals surface area contributed by atoms with Crippen LogP contribution in [0, 0.1) is 5.41 Å². The van der Waals surface area contributed by atoms with Crippen LogP contribution < -0.4 is 0 Å². The van der Waals surface area contributed by atoms with Crippen LogP contribution in [0.25, 0.3) is 19.5 Å². The summed E-state index contributed by atoms with van der Waals surface area (Å²) in [7, 11) is 0. The molecule has 0 saturated carbocycles. The fourth-order valence-corrected chi connectivity index (χ4v) is 10.2. The Morgan fingerprint density at radius 3 is 1.24 bits per heavy atom. The Bertz CT molecular complexity index is 1060. The van der Waals surface area contributed by atoms with Crippen LogP contribution in [0.5, 0.6) is 0 Å². The number of rotatable bonds is 28. The second kappa shape index (κ2) is 22.6. The molecule has 2 nitrogen and oxygen atoms in total. The molecule has 0 atom stereocenters. The number of unbranched alkanes of at least 4 members (excludes halogenated alkanes) is 18. The molecule has 3 aromatic heterocycles. The minimum absolute atomic E-state index is 0.0492. The Balaban J connectivity index is 1.26. The summed E-state index contributed by atoms with van der Waals surface area (Å²) in [5, 5.41) is 4.44. The average molecular weight is 685 g/mol. The molecule has 0 radical (unpaired) electrons. The van der Waals surface area contributed by atoms with Gasteiger partial charge in [0.05, 0.1) is 13.2 Å². The van der Waals surface area contributed by atoms with Crippen LogP contribution in [0.4, 0.5) is 0 Å². The Labute approximate surface area is 294 Å². The molecule has 46 heavy (non-hydrogen) atoms. The molecule has 1 aliphatic rings. The second-order valence-corrected chi connectivity index (χ2v) is 16.9. The van der Waals surface area contributed by atoms with Crippen molar-refractivity contribution in [2.45, 2.75) is 155 Å². The van der Waals surface area contributed by atoms with E-state index in [0.717, 1.165) is 39.3 Å². The minimum Gasteiger partial charge on any atom is -0.381 e. The molecule has 0 amide bonds. The van der Waals surface area contributed by atoms with Crippen LogP contribution in [0.1, 0.15) is 153 Å². The lowest BCUT2D eigenvalue weighted by Gasteiger charge is -2.29. The molecule has 0 saturated heterocycles. The van der Waals surface area contributed by atoms with Crippen molar-refractivity contribution in [1.82, 2.24) is 0 Å². The van der Waals surface area contributed by atoms with Crippen molar-refractivity contribution in [2.75, 3.05) is 26.4 Å². The van der Waals surface area contributed by atoms with E-state index in [1.807, 2.05) is 34.0 Å². The molecule has 0 aromatic carbocycles.